The van der Waals surface area contributed by atoms with Gasteiger partial charge >= 0.3 is 0 Å². The number of hydrogen-bond acceptors (Lipinski definition) is 1. The van der Waals surface area contributed by atoms with E-state index in [1.807, 2.05) is 12.1 Å². The molecule has 0 amide bonds. The number of halogens is 2. The smallest absolute Gasteiger partial charge is 0.141 e. The van der Waals surface area contributed by atoms with Crippen molar-refractivity contribution in [2.75, 3.05) is 5.73 Å². The van der Waals surface area contributed by atoms with E-state index < -0.39 is 0 Å². The van der Waals surface area contributed by atoms with Crippen LogP contribution in [0.1, 0.15) is 23.1 Å². The zero-order valence-corrected chi connectivity index (χ0v) is 11.0. The summed E-state index contributed by atoms with van der Waals surface area (Å²) in [6.45, 7) is 0. The highest BCUT2D eigenvalue weighted by Crippen LogP contribution is 2.35. The van der Waals surface area contributed by atoms with E-state index in [-0.39, 0.29) is 10.8 Å². The molecular formula is C16H13ClFN. The van der Waals surface area contributed by atoms with Crippen molar-refractivity contribution in [3.8, 4) is 0 Å². The maximum Gasteiger partial charge on any atom is 0.141 e. The first-order valence-electron chi connectivity index (χ1n) is 6.18. The van der Waals surface area contributed by atoms with E-state index in [0.29, 0.717) is 0 Å². The van der Waals surface area contributed by atoms with Crippen molar-refractivity contribution >= 4 is 28.9 Å². The number of fused-ring (bicyclic) bond motifs is 1. The molecule has 2 aromatic rings. The van der Waals surface area contributed by atoms with Crippen LogP contribution in [0.5, 0.6) is 0 Å². The molecule has 0 atom stereocenters. The lowest BCUT2D eigenvalue weighted by atomic mass is 10.0. The van der Waals surface area contributed by atoms with Crippen molar-refractivity contribution in [2.24, 2.45) is 0 Å². The fourth-order valence-electron chi connectivity index (χ4n) is 2.49. The number of rotatable bonds is 1. The molecular weight excluding hydrogens is 261 g/mol. The van der Waals surface area contributed by atoms with Gasteiger partial charge in [0.25, 0.3) is 0 Å². The summed E-state index contributed by atoms with van der Waals surface area (Å²) < 4.78 is 13.1. The Hall–Kier alpha value is -1.80. The van der Waals surface area contributed by atoms with Gasteiger partial charge in [-0.3, -0.25) is 0 Å². The van der Waals surface area contributed by atoms with E-state index in [0.717, 1.165) is 24.1 Å². The minimum atomic E-state index is -0.386. The zero-order valence-electron chi connectivity index (χ0n) is 10.3. The molecule has 0 fully saturated rings. The highest BCUT2D eigenvalue weighted by atomic mass is 35.5. The second-order valence-electron chi connectivity index (χ2n) is 4.76. The second-order valence-corrected chi connectivity index (χ2v) is 5.17. The molecule has 0 saturated carbocycles. The monoisotopic (exact) mass is 273 g/mol. The van der Waals surface area contributed by atoms with Crippen LogP contribution in [0.3, 0.4) is 0 Å². The Kier molecular flexibility index (Phi) is 3.03. The normalized spacial score (nSPS) is 15.8. The van der Waals surface area contributed by atoms with Crippen molar-refractivity contribution in [2.45, 2.75) is 12.8 Å². The minimum absolute atomic E-state index is 0.157. The lowest BCUT2D eigenvalue weighted by Crippen LogP contribution is -1.87. The van der Waals surface area contributed by atoms with Crippen LogP contribution < -0.4 is 5.73 Å². The summed E-state index contributed by atoms with van der Waals surface area (Å²) in [5.41, 5.74) is 11.3. The summed E-state index contributed by atoms with van der Waals surface area (Å²) in [5, 5.41) is 0.157. The van der Waals surface area contributed by atoms with Gasteiger partial charge in [0.05, 0.1) is 5.02 Å². The fourth-order valence-corrected chi connectivity index (χ4v) is 2.68. The molecule has 0 heterocycles. The van der Waals surface area contributed by atoms with Gasteiger partial charge in [0, 0.05) is 5.69 Å². The van der Waals surface area contributed by atoms with Gasteiger partial charge in [-0.05, 0) is 59.4 Å². The molecule has 1 aliphatic rings. The number of anilines is 1. The van der Waals surface area contributed by atoms with Crippen molar-refractivity contribution in [3.05, 3.63) is 63.9 Å². The van der Waals surface area contributed by atoms with Crippen molar-refractivity contribution < 1.29 is 4.39 Å². The Morgan fingerprint density at radius 1 is 1.11 bits per heavy atom. The third kappa shape index (κ3) is 2.36. The van der Waals surface area contributed by atoms with Crippen LogP contribution in [-0.4, -0.2) is 0 Å². The van der Waals surface area contributed by atoms with Crippen LogP contribution in [0, 0.1) is 5.82 Å². The molecule has 0 saturated heterocycles. The first-order chi connectivity index (χ1) is 9.13. The maximum atomic E-state index is 13.1. The summed E-state index contributed by atoms with van der Waals surface area (Å²) in [6, 6.07) is 10.8. The van der Waals surface area contributed by atoms with E-state index in [9.17, 15) is 4.39 Å². The molecule has 3 rings (SSSR count). The van der Waals surface area contributed by atoms with Gasteiger partial charge in [-0.2, -0.15) is 0 Å². The largest absolute Gasteiger partial charge is 0.399 e. The number of hydrogen-bond donors (Lipinski definition) is 1. The maximum absolute atomic E-state index is 13.1. The quantitative estimate of drug-likeness (QED) is 0.758. The topological polar surface area (TPSA) is 26.0 Å². The van der Waals surface area contributed by atoms with E-state index in [1.165, 1.54) is 22.8 Å². The van der Waals surface area contributed by atoms with Gasteiger partial charge in [0.2, 0.25) is 0 Å². The first kappa shape index (κ1) is 12.2. The summed E-state index contributed by atoms with van der Waals surface area (Å²) in [6.07, 6.45) is 4.04. The molecule has 96 valence electrons. The van der Waals surface area contributed by atoms with E-state index in [1.54, 1.807) is 12.1 Å². The van der Waals surface area contributed by atoms with Crippen molar-refractivity contribution in [3.63, 3.8) is 0 Å². The fraction of sp³-hybridized carbons (Fsp3) is 0.125. The van der Waals surface area contributed by atoms with E-state index in [4.69, 9.17) is 17.3 Å². The number of aryl methyl sites for hydroxylation is 1. The standard InChI is InChI=1S/C16H13ClFN/c17-15-8-10(1-6-16(15)18)7-11-2-3-12-9-13(19)4-5-14(11)12/h1,4-9H,2-3,19H2/b11-7+. The van der Waals surface area contributed by atoms with Crippen LogP contribution >= 0.6 is 11.6 Å². The van der Waals surface area contributed by atoms with Gasteiger partial charge in [-0.1, -0.05) is 29.8 Å². The lowest BCUT2D eigenvalue weighted by Gasteiger charge is -2.03. The Morgan fingerprint density at radius 2 is 1.95 bits per heavy atom. The van der Waals surface area contributed by atoms with Crippen LogP contribution in [0.4, 0.5) is 10.1 Å². The van der Waals surface area contributed by atoms with Crippen LogP contribution in [-0.2, 0) is 6.42 Å². The molecule has 0 aromatic heterocycles. The molecule has 2 N–H and O–H groups in total. The molecule has 1 nitrogen and oxygen atoms in total. The van der Waals surface area contributed by atoms with Gasteiger partial charge < -0.3 is 5.73 Å². The van der Waals surface area contributed by atoms with E-state index >= 15 is 0 Å². The molecule has 0 aliphatic heterocycles. The Balaban J connectivity index is 2.00. The highest BCUT2D eigenvalue weighted by Gasteiger charge is 2.16. The first-order valence-corrected chi connectivity index (χ1v) is 6.56. The van der Waals surface area contributed by atoms with Crippen LogP contribution in [0.2, 0.25) is 5.02 Å². The number of benzene rings is 2. The van der Waals surface area contributed by atoms with Gasteiger partial charge in [-0.25, -0.2) is 4.39 Å². The van der Waals surface area contributed by atoms with Crippen molar-refractivity contribution in [1.82, 2.24) is 0 Å². The highest BCUT2D eigenvalue weighted by molar-refractivity contribution is 6.30. The SMILES string of the molecule is Nc1ccc2c(c1)CC/C2=C\c1ccc(F)c(Cl)c1. The predicted octanol–water partition coefficient (Wildman–Crippen LogP) is 4.55. The van der Waals surface area contributed by atoms with Crippen LogP contribution in [0.15, 0.2) is 36.4 Å². The van der Waals surface area contributed by atoms with Gasteiger partial charge in [0.15, 0.2) is 0 Å². The van der Waals surface area contributed by atoms with Gasteiger partial charge in [-0.15, -0.1) is 0 Å². The Labute approximate surface area is 116 Å². The lowest BCUT2D eigenvalue weighted by molar-refractivity contribution is 0.628. The average molecular weight is 274 g/mol. The summed E-state index contributed by atoms with van der Waals surface area (Å²) >= 11 is 5.80. The van der Waals surface area contributed by atoms with E-state index in [2.05, 4.69) is 12.1 Å². The molecule has 0 bridgehead atoms. The summed E-state index contributed by atoms with van der Waals surface area (Å²) in [5.74, 6) is -0.386. The molecule has 2 aromatic carbocycles. The predicted molar refractivity (Wildman–Crippen MR) is 78.5 cm³/mol. The van der Waals surface area contributed by atoms with Gasteiger partial charge in [0.1, 0.15) is 5.82 Å². The third-order valence-corrected chi connectivity index (χ3v) is 3.71. The Bertz CT molecular complexity index is 676. The summed E-state index contributed by atoms with van der Waals surface area (Å²) in [4.78, 5) is 0. The molecule has 0 spiro atoms. The average Bonchev–Trinajstić information content (AvgIpc) is 2.76. The second kappa shape index (κ2) is 4.71. The molecule has 3 heteroatoms. The number of nitrogen functional groups attached to an aromatic ring is 1. The molecule has 1 aliphatic carbocycles. The molecule has 0 radical (unpaired) electrons. The molecule has 0 unspecified atom stereocenters. The minimum Gasteiger partial charge on any atom is -0.399 e. The zero-order chi connectivity index (χ0) is 13.4. The number of allylic oxidation sites excluding steroid dienone is 1. The summed E-state index contributed by atoms with van der Waals surface area (Å²) in [7, 11) is 0. The third-order valence-electron chi connectivity index (χ3n) is 3.42. The molecule has 19 heavy (non-hydrogen) atoms. The van der Waals surface area contributed by atoms with Crippen molar-refractivity contribution in [1.29, 1.82) is 0 Å². The number of nitrogens with two attached hydrogens (primary N) is 1. The van der Waals surface area contributed by atoms with Crippen LogP contribution in [0.25, 0.3) is 11.6 Å². The Morgan fingerprint density at radius 3 is 2.74 bits per heavy atom.